The van der Waals surface area contributed by atoms with Crippen molar-refractivity contribution in [2.75, 3.05) is 20.8 Å². The third-order valence-electron chi connectivity index (χ3n) is 4.14. The minimum atomic E-state index is -3.83. The van der Waals surface area contributed by atoms with E-state index in [9.17, 15) is 13.5 Å². The number of ether oxygens (including phenoxy) is 2. The van der Waals surface area contributed by atoms with E-state index in [1.54, 1.807) is 12.1 Å². The van der Waals surface area contributed by atoms with Gasteiger partial charge in [-0.2, -0.15) is 0 Å². The fourth-order valence-corrected chi connectivity index (χ4v) is 3.94. The van der Waals surface area contributed by atoms with Gasteiger partial charge < -0.3 is 19.0 Å². The summed E-state index contributed by atoms with van der Waals surface area (Å²) >= 11 is 0. The molecule has 27 heavy (non-hydrogen) atoms. The molecule has 1 heterocycles. The summed E-state index contributed by atoms with van der Waals surface area (Å²) in [6, 6.07) is 13.7. The lowest BCUT2D eigenvalue weighted by molar-refractivity contribution is 0.144. The van der Waals surface area contributed by atoms with E-state index in [1.165, 1.54) is 26.4 Å². The highest BCUT2D eigenvalue weighted by Gasteiger charge is 2.21. The molecule has 2 N–H and O–H groups in total. The molecule has 144 valence electrons. The minimum Gasteiger partial charge on any atom is -0.497 e. The summed E-state index contributed by atoms with van der Waals surface area (Å²) in [6.07, 6.45) is -0.766. The molecule has 3 rings (SSSR count). The van der Waals surface area contributed by atoms with Crippen molar-refractivity contribution in [2.24, 2.45) is 0 Å². The molecule has 2 aromatic carbocycles. The molecule has 0 bridgehead atoms. The maximum atomic E-state index is 12.6. The zero-order valence-corrected chi connectivity index (χ0v) is 15.8. The van der Waals surface area contributed by atoms with Crippen molar-refractivity contribution in [1.29, 1.82) is 0 Å². The van der Waals surface area contributed by atoms with Crippen molar-refractivity contribution in [3.05, 3.63) is 54.3 Å². The normalized spacial score (nSPS) is 12.9. The third-order valence-corrected chi connectivity index (χ3v) is 5.63. The van der Waals surface area contributed by atoms with E-state index in [0.717, 1.165) is 5.39 Å². The van der Waals surface area contributed by atoms with Gasteiger partial charge in [-0.25, -0.2) is 13.1 Å². The molecule has 0 saturated carbocycles. The first-order valence-corrected chi connectivity index (χ1v) is 9.81. The quantitative estimate of drug-likeness (QED) is 0.613. The second kappa shape index (κ2) is 7.99. The fourth-order valence-electron chi connectivity index (χ4n) is 2.71. The molecule has 0 amide bonds. The summed E-state index contributed by atoms with van der Waals surface area (Å²) in [5, 5.41) is 11.2. The van der Waals surface area contributed by atoms with Gasteiger partial charge in [0, 0.05) is 18.0 Å². The van der Waals surface area contributed by atoms with Gasteiger partial charge in [0.15, 0.2) is 0 Å². The molecular weight excluding hydrogens is 370 g/mol. The maximum absolute atomic E-state index is 12.6. The van der Waals surface area contributed by atoms with Crippen LogP contribution in [-0.2, 0) is 10.0 Å². The molecular formula is C19H21NO6S. The highest BCUT2D eigenvalue weighted by atomic mass is 32.2. The summed E-state index contributed by atoms with van der Waals surface area (Å²) in [5.74, 6) is 1.01. The smallest absolute Gasteiger partial charge is 0.244 e. The number of fused-ring (bicyclic) bond motifs is 1. The average Bonchev–Trinajstić information content (AvgIpc) is 3.11. The summed E-state index contributed by atoms with van der Waals surface area (Å²) in [5.41, 5.74) is 0.674. The molecule has 1 atom stereocenters. The maximum Gasteiger partial charge on any atom is 0.244 e. The predicted molar refractivity (Wildman–Crippen MR) is 101 cm³/mol. The summed E-state index contributed by atoms with van der Waals surface area (Å²) in [7, 11) is -0.986. The molecule has 0 radical (unpaired) electrons. The minimum absolute atomic E-state index is 0.0254. The van der Waals surface area contributed by atoms with E-state index < -0.39 is 16.1 Å². The van der Waals surface area contributed by atoms with Crippen LogP contribution in [0.2, 0.25) is 0 Å². The standard InChI is InChI=1S/C19H21NO6S/c1-24-14-7-8-17(25-2)19(12-14)27(22,23)20-10-9-15(21)18-11-13-5-3-4-6-16(13)26-18/h3-8,11-12,15,20-21H,9-10H2,1-2H3/t15-/m0/s1. The Bertz CT molecular complexity index is 995. The number of hydrogen-bond donors (Lipinski definition) is 2. The SMILES string of the molecule is COc1ccc(OC)c(S(=O)(=O)NCC[C@H](O)c2cc3ccccc3o2)c1. The van der Waals surface area contributed by atoms with Crippen LogP contribution < -0.4 is 14.2 Å². The van der Waals surface area contributed by atoms with Crippen molar-refractivity contribution in [1.82, 2.24) is 4.72 Å². The molecule has 7 nitrogen and oxygen atoms in total. The Hall–Kier alpha value is -2.55. The first-order chi connectivity index (χ1) is 12.9. The monoisotopic (exact) mass is 391 g/mol. The predicted octanol–water partition coefficient (Wildman–Crippen LogP) is 2.85. The number of aliphatic hydroxyl groups excluding tert-OH is 1. The zero-order chi connectivity index (χ0) is 19.4. The summed E-state index contributed by atoms with van der Waals surface area (Å²) < 4.78 is 43.4. The molecule has 0 aliphatic rings. The highest BCUT2D eigenvalue weighted by molar-refractivity contribution is 7.89. The van der Waals surface area contributed by atoms with E-state index in [2.05, 4.69) is 4.72 Å². The Labute approximate surface area is 157 Å². The van der Waals surface area contributed by atoms with Crippen LogP contribution in [0.25, 0.3) is 11.0 Å². The van der Waals surface area contributed by atoms with Crippen LogP contribution in [0.3, 0.4) is 0 Å². The van der Waals surface area contributed by atoms with Crippen molar-refractivity contribution in [3.8, 4) is 11.5 Å². The van der Waals surface area contributed by atoms with Crippen LogP contribution in [0.4, 0.5) is 0 Å². The van der Waals surface area contributed by atoms with Crippen molar-refractivity contribution in [3.63, 3.8) is 0 Å². The molecule has 0 aliphatic carbocycles. The van der Waals surface area contributed by atoms with E-state index >= 15 is 0 Å². The van der Waals surface area contributed by atoms with Crippen LogP contribution in [0.5, 0.6) is 11.5 Å². The number of methoxy groups -OCH3 is 2. The van der Waals surface area contributed by atoms with Gasteiger partial charge in [0.05, 0.1) is 14.2 Å². The number of aliphatic hydroxyl groups is 1. The van der Waals surface area contributed by atoms with E-state index in [0.29, 0.717) is 17.1 Å². The Kier molecular flexibility index (Phi) is 5.69. The van der Waals surface area contributed by atoms with Gasteiger partial charge in [-0.15, -0.1) is 0 Å². The first-order valence-electron chi connectivity index (χ1n) is 8.33. The number of hydrogen-bond acceptors (Lipinski definition) is 6. The first kappa shape index (κ1) is 19.2. The van der Waals surface area contributed by atoms with Crippen molar-refractivity contribution >= 4 is 21.0 Å². The Balaban J connectivity index is 1.68. The van der Waals surface area contributed by atoms with Gasteiger partial charge >= 0.3 is 0 Å². The lowest BCUT2D eigenvalue weighted by Crippen LogP contribution is -2.26. The van der Waals surface area contributed by atoms with Gasteiger partial charge in [-0.3, -0.25) is 0 Å². The molecule has 3 aromatic rings. The number of rotatable bonds is 8. The molecule has 8 heteroatoms. The fraction of sp³-hybridized carbons (Fsp3) is 0.263. The largest absolute Gasteiger partial charge is 0.497 e. The van der Waals surface area contributed by atoms with E-state index in [4.69, 9.17) is 13.9 Å². The third kappa shape index (κ3) is 4.24. The molecule has 0 aliphatic heterocycles. The Morgan fingerprint density at radius 2 is 1.89 bits per heavy atom. The molecule has 0 spiro atoms. The van der Waals surface area contributed by atoms with Gasteiger partial charge in [-0.1, -0.05) is 18.2 Å². The van der Waals surface area contributed by atoms with Gasteiger partial charge in [-0.05, 0) is 30.7 Å². The number of para-hydroxylation sites is 1. The molecule has 0 unspecified atom stereocenters. The number of furan rings is 1. The van der Waals surface area contributed by atoms with Crippen molar-refractivity contribution < 1.29 is 27.4 Å². The molecule has 1 aromatic heterocycles. The van der Waals surface area contributed by atoms with Crippen molar-refractivity contribution in [2.45, 2.75) is 17.4 Å². The highest BCUT2D eigenvalue weighted by Crippen LogP contribution is 2.29. The number of sulfonamides is 1. The second-order valence-electron chi connectivity index (χ2n) is 5.91. The van der Waals surface area contributed by atoms with E-state index in [-0.39, 0.29) is 23.6 Å². The van der Waals surface area contributed by atoms with Gasteiger partial charge in [0.2, 0.25) is 10.0 Å². The van der Waals surface area contributed by atoms with Crippen LogP contribution >= 0.6 is 0 Å². The Morgan fingerprint density at radius 3 is 2.59 bits per heavy atom. The lowest BCUT2D eigenvalue weighted by atomic mass is 10.2. The molecule has 0 saturated heterocycles. The lowest BCUT2D eigenvalue weighted by Gasteiger charge is -2.13. The van der Waals surface area contributed by atoms with Crippen LogP contribution in [0.1, 0.15) is 18.3 Å². The number of benzene rings is 2. The van der Waals surface area contributed by atoms with Crippen LogP contribution in [-0.4, -0.2) is 34.3 Å². The summed E-state index contributed by atoms with van der Waals surface area (Å²) in [6.45, 7) is 0.0287. The van der Waals surface area contributed by atoms with E-state index in [1.807, 2.05) is 24.3 Å². The van der Waals surface area contributed by atoms with Crippen LogP contribution in [0.15, 0.2) is 57.8 Å². The van der Waals surface area contributed by atoms with Gasteiger partial charge in [0.1, 0.15) is 33.8 Å². The summed E-state index contributed by atoms with van der Waals surface area (Å²) in [4.78, 5) is -0.0254. The number of nitrogens with one attached hydrogen (secondary N) is 1. The Morgan fingerprint density at radius 1 is 1.11 bits per heavy atom. The van der Waals surface area contributed by atoms with Gasteiger partial charge in [0.25, 0.3) is 0 Å². The zero-order valence-electron chi connectivity index (χ0n) is 15.0. The second-order valence-corrected chi connectivity index (χ2v) is 7.64. The molecule has 0 fully saturated rings. The van der Waals surface area contributed by atoms with Crippen LogP contribution in [0, 0.1) is 0 Å². The topological polar surface area (TPSA) is 98.0 Å². The average molecular weight is 391 g/mol.